The summed E-state index contributed by atoms with van der Waals surface area (Å²) in [6.07, 6.45) is 2.14. The zero-order valence-corrected chi connectivity index (χ0v) is 14.3. The molecule has 10 heteroatoms. The van der Waals surface area contributed by atoms with Crippen LogP contribution in [0.2, 0.25) is 0 Å². The lowest BCUT2D eigenvalue weighted by atomic mass is 10.2. The van der Waals surface area contributed by atoms with Crippen LogP contribution in [0, 0.1) is 10.1 Å². The van der Waals surface area contributed by atoms with Crippen LogP contribution in [-0.4, -0.2) is 46.2 Å². The topological polar surface area (TPSA) is 127 Å². The fourth-order valence-electron chi connectivity index (χ4n) is 2.84. The first-order valence-corrected chi connectivity index (χ1v) is 8.52. The molecule has 1 aromatic carbocycles. The van der Waals surface area contributed by atoms with Gasteiger partial charge in [-0.15, -0.1) is 0 Å². The minimum absolute atomic E-state index is 0.102. The molecular formula is C17H18N6O4. The SMILES string of the molecule is O=[N+]([O-])c1ccc(NCCC2OCCO2)nc1Nc1ccc2[nH]ncc2c1. The molecular weight excluding hydrogens is 352 g/mol. The highest BCUT2D eigenvalue weighted by atomic mass is 16.7. The second kappa shape index (κ2) is 7.56. The van der Waals surface area contributed by atoms with Gasteiger partial charge in [0.25, 0.3) is 0 Å². The van der Waals surface area contributed by atoms with Crippen molar-refractivity contribution < 1.29 is 14.4 Å². The Balaban J connectivity index is 1.50. The van der Waals surface area contributed by atoms with E-state index in [0.29, 0.717) is 37.7 Å². The zero-order chi connectivity index (χ0) is 18.6. The fourth-order valence-corrected chi connectivity index (χ4v) is 2.84. The van der Waals surface area contributed by atoms with Gasteiger partial charge in [-0.25, -0.2) is 4.98 Å². The van der Waals surface area contributed by atoms with E-state index in [9.17, 15) is 10.1 Å². The molecule has 0 radical (unpaired) electrons. The number of nitrogens with one attached hydrogen (secondary N) is 3. The van der Waals surface area contributed by atoms with Crippen LogP contribution in [0.5, 0.6) is 0 Å². The number of aromatic amines is 1. The summed E-state index contributed by atoms with van der Waals surface area (Å²) in [6, 6.07) is 8.51. The van der Waals surface area contributed by atoms with Gasteiger partial charge in [-0.2, -0.15) is 5.10 Å². The fraction of sp³-hybridized carbons (Fsp3) is 0.294. The van der Waals surface area contributed by atoms with Crippen molar-refractivity contribution in [3.63, 3.8) is 0 Å². The third-order valence-electron chi connectivity index (χ3n) is 4.15. The van der Waals surface area contributed by atoms with Gasteiger partial charge in [-0.05, 0) is 24.3 Å². The molecule has 10 nitrogen and oxygen atoms in total. The summed E-state index contributed by atoms with van der Waals surface area (Å²) in [5, 5.41) is 25.2. The third kappa shape index (κ3) is 3.96. The number of hydrogen-bond donors (Lipinski definition) is 3. The second-order valence-electron chi connectivity index (χ2n) is 6.00. The van der Waals surface area contributed by atoms with Gasteiger partial charge >= 0.3 is 5.69 Å². The first kappa shape index (κ1) is 17.2. The lowest BCUT2D eigenvalue weighted by Gasteiger charge is -2.12. The van der Waals surface area contributed by atoms with Crippen LogP contribution in [0.25, 0.3) is 10.9 Å². The molecule has 0 bridgehead atoms. The van der Waals surface area contributed by atoms with Crippen LogP contribution in [0.4, 0.5) is 23.0 Å². The standard InChI is InChI=1S/C17H18N6O4/c24-23(25)14-3-4-15(18-6-5-16-26-7-8-27-16)21-17(14)20-12-1-2-13-11(9-12)10-19-22-13/h1-4,9-10,16H,5-8H2,(H,19,22)(H2,18,20,21). The van der Waals surface area contributed by atoms with E-state index in [4.69, 9.17) is 9.47 Å². The van der Waals surface area contributed by atoms with Crippen LogP contribution >= 0.6 is 0 Å². The average Bonchev–Trinajstić information content (AvgIpc) is 3.33. The molecule has 0 aliphatic carbocycles. The number of fused-ring (bicyclic) bond motifs is 1. The van der Waals surface area contributed by atoms with Gasteiger partial charge in [0.05, 0.1) is 29.9 Å². The number of pyridine rings is 1. The summed E-state index contributed by atoms with van der Waals surface area (Å²) in [4.78, 5) is 15.2. The Morgan fingerprint density at radius 2 is 2.11 bits per heavy atom. The van der Waals surface area contributed by atoms with Crippen molar-refractivity contribution in [3.05, 3.63) is 46.6 Å². The van der Waals surface area contributed by atoms with E-state index in [0.717, 1.165) is 10.9 Å². The highest BCUT2D eigenvalue weighted by Gasteiger charge is 2.18. The van der Waals surface area contributed by atoms with E-state index >= 15 is 0 Å². The molecule has 2 aromatic heterocycles. The van der Waals surface area contributed by atoms with Crippen LogP contribution in [-0.2, 0) is 9.47 Å². The molecule has 3 heterocycles. The maximum atomic E-state index is 11.3. The van der Waals surface area contributed by atoms with E-state index in [1.165, 1.54) is 6.07 Å². The Morgan fingerprint density at radius 3 is 2.93 bits per heavy atom. The molecule has 1 saturated heterocycles. The summed E-state index contributed by atoms with van der Waals surface area (Å²) in [7, 11) is 0. The van der Waals surface area contributed by atoms with E-state index in [-0.39, 0.29) is 17.8 Å². The van der Waals surface area contributed by atoms with Crippen molar-refractivity contribution in [1.82, 2.24) is 15.2 Å². The number of H-pyrrole nitrogens is 1. The highest BCUT2D eigenvalue weighted by molar-refractivity contribution is 5.83. The number of nitrogens with zero attached hydrogens (tertiary/aromatic N) is 3. The Hall–Kier alpha value is -3.24. The first-order valence-electron chi connectivity index (χ1n) is 8.52. The number of anilines is 3. The molecule has 1 fully saturated rings. The quantitative estimate of drug-likeness (QED) is 0.428. The molecule has 3 aromatic rings. The van der Waals surface area contributed by atoms with Gasteiger partial charge < -0.3 is 20.1 Å². The molecule has 1 aliphatic rings. The largest absolute Gasteiger partial charge is 0.370 e. The van der Waals surface area contributed by atoms with Crippen LogP contribution in [0.1, 0.15) is 6.42 Å². The third-order valence-corrected chi connectivity index (χ3v) is 4.15. The van der Waals surface area contributed by atoms with Crippen molar-refractivity contribution in [3.8, 4) is 0 Å². The molecule has 1 aliphatic heterocycles. The molecule has 0 amide bonds. The summed E-state index contributed by atoms with van der Waals surface area (Å²) in [5.41, 5.74) is 1.47. The number of hydrogen-bond acceptors (Lipinski definition) is 8. The van der Waals surface area contributed by atoms with Gasteiger partial charge in [-0.1, -0.05) is 0 Å². The molecule has 0 spiro atoms. The van der Waals surface area contributed by atoms with E-state index in [1.54, 1.807) is 18.3 Å². The summed E-state index contributed by atoms with van der Waals surface area (Å²) >= 11 is 0. The van der Waals surface area contributed by atoms with Crippen molar-refractivity contribution in [2.45, 2.75) is 12.7 Å². The summed E-state index contributed by atoms with van der Waals surface area (Å²) < 4.78 is 10.8. The first-order chi connectivity index (χ1) is 13.2. The Kier molecular flexibility index (Phi) is 4.81. The van der Waals surface area contributed by atoms with Crippen molar-refractivity contribution in [1.29, 1.82) is 0 Å². The van der Waals surface area contributed by atoms with Crippen LogP contribution in [0.3, 0.4) is 0 Å². The van der Waals surface area contributed by atoms with Gasteiger partial charge in [0.15, 0.2) is 6.29 Å². The molecule has 27 heavy (non-hydrogen) atoms. The Labute approximate surface area is 154 Å². The van der Waals surface area contributed by atoms with Crippen molar-refractivity contribution >= 4 is 33.9 Å². The molecule has 0 unspecified atom stereocenters. The number of benzene rings is 1. The second-order valence-corrected chi connectivity index (χ2v) is 6.00. The monoisotopic (exact) mass is 370 g/mol. The Bertz CT molecular complexity index is 954. The summed E-state index contributed by atoms with van der Waals surface area (Å²) in [6.45, 7) is 1.79. The average molecular weight is 370 g/mol. The lowest BCUT2D eigenvalue weighted by molar-refractivity contribution is -0.384. The van der Waals surface area contributed by atoms with Crippen molar-refractivity contribution in [2.24, 2.45) is 0 Å². The molecule has 0 atom stereocenters. The molecule has 0 saturated carbocycles. The number of nitro groups is 1. The molecule has 3 N–H and O–H groups in total. The van der Waals surface area contributed by atoms with Gasteiger partial charge in [-0.3, -0.25) is 15.2 Å². The highest BCUT2D eigenvalue weighted by Crippen LogP contribution is 2.28. The normalized spacial score (nSPS) is 14.5. The van der Waals surface area contributed by atoms with Crippen LogP contribution < -0.4 is 10.6 Å². The predicted molar refractivity (Wildman–Crippen MR) is 99.1 cm³/mol. The summed E-state index contributed by atoms with van der Waals surface area (Å²) in [5.74, 6) is 0.701. The molecule has 140 valence electrons. The minimum atomic E-state index is -0.463. The predicted octanol–water partition coefficient (Wildman–Crippen LogP) is 2.78. The maximum Gasteiger partial charge on any atom is 0.311 e. The Morgan fingerprint density at radius 1 is 1.26 bits per heavy atom. The maximum absolute atomic E-state index is 11.3. The van der Waals surface area contributed by atoms with E-state index in [1.807, 2.05) is 12.1 Å². The van der Waals surface area contributed by atoms with Gasteiger partial charge in [0.1, 0.15) is 5.82 Å². The van der Waals surface area contributed by atoms with E-state index < -0.39 is 4.92 Å². The van der Waals surface area contributed by atoms with Gasteiger partial charge in [0, 0.05) is 30.1 Å². The molecule has 4 rings (SSSR count). The zero-order valence-electron chi connectivity index (χ0n) is 14.3. The number of aromatic nitrogens is 3. The number of rotatable bonds is 7. The lowest BCUT2D eigenvalue weighted by Crippen LogP contribution is -2.15. The smallest absolute Gasteiger partial charge is 0.311 e. The van der Waals surface area contributed by atoms with Crippen molar-refractivity contribution in [2.75, 3.05) is 30.4 Å². The number of ether oxygens (including phenoxy) is 2. The van der Waals surface area contributed by atoms with Gasteiger partial charge in [0.2, 0.25) is 5.82 Å². The minimum Gasteiger partial charge on any atom is -0.370 e. The van der Waals surface area contributed by atoms with E-state index in [2.05, 4.69) is 25.8 Å². The van der Waals surface area contributed by atoms with Crippen LogP contribution in [0.15, 0.2) is 36.5 Å².